The smallest absolute Gasteiger partial charge is 0.118 e. The molecule has 0 radical (unpaired) electrons. The number of aromatic nitrogens is 1. The predicted molar refractivity (Wildman–Crippen MR) is 62.3 cm³/mol. The molecule has 3 heteroatoms. The summed E-state index contributed by atoms with van der Waals surface area (Å²) < 4.78 is 1.24. The van der Waals surface area contributed by atoms with E-state index in [0.29, 0.717) is 0 Å². The van der Waals surface area contributed by atoms with Crippen LogP contribution >= 0.6 is 11.3 Å². The van der Waals surface area contributed by atoms with Crippen molar-refractivity contribution >= 4 is 27.6 Å². The van der Waals surface area contributed by atoms with Gasteiger partial charge in [0.25, 0.3) is 0 Å². The summed E-state index contributed by atoms with van der Waals surface area (Å²) in [6, 6.07) is 8.19. The third-order valence-corrected chi connectivity index (χ3v) is 2.83. The van der Waals surface area contributed by atoms with Crippen LogP contribution in [0.3, 0.4) is 0 Å². The summed E-state index contributed by atoms with van der Waals surface area (Å²) in [6.45, 7) is 0. The molecule has 1 heterocycles. The molecule has 72 valence electrons. The number of fused-ring (bicyclic) bond motifs is 1. The molecule has 1 aromatic carbocycles. The SMILES string of the molecule is CN(C)/C=C/c1nc2ccccc2s1. The number of nitrogens with zero attached hydrogens (tertiary/aromatic N) is 2. The van der Waals surface area contributed by atoms with Crippen LogP contribution in [0.25, 0.3) is 16.3 Å². The number of hydrogen-bond donors (Lipinski definition) is 0. The third-order valence-electron chi connectivity index (χ3n) is 1.83. The second-order valence-electron chi connectivity index (χ2n) is 3.30. The Bertz CT molecular complexity index is 424. The molecule has 0 atom stereocenters. The normalized spacial score (nSPS) is 11.3. The molecule has 0 unspecified atom stereocenters. The molecule has 0 saturated carbocycles. The first kappa shape index (κ1) is 9.21. The average Bonchev–Trinajstić information content (AvgIpc) is 2.57. The highest BCUT2D eigenvalue weighted by Crippen LogP contribution is 2.22. The second-order valence-corrected chi connectivity index (χ2v) is 4.36. The molecule has 0 N–H and O–H groups in total. The van der Waals surface area contributed by atoms with Gasteiger partial charge in [0, 0.05) is 20.3 Å². The van der Waals surface area contributed by atoms with Crippen LogP contribution in [0.5, 0.6) is 0 Å². The van der Waals surface area contributed by atoms with E-state index in [9.17, 15) is 0 Å². The fraction of sp³-hybridized carbons (Fsp3) is 0.182. The van der Waals surface area contributed by atoms with E-state index in [1.54, 1.807) is 11.3 Å². The van der Waals surface area contributed by atoms with Crippen molar-refractivity contribution in [1.82, 2.24) is 9.88 Å². The summed E-state index contributed by atoms with van der Waals surface area (Å²) >= 11 is 1.71. The highest BCUT2D eigenvalue weighted by atomic mass is 32.1. The summed E-state index contributed by atoms with van der Waals surface area (Å²) in [4.78, 5) is 6.50. The first-order valence-electron chi connectivity index (χ1n) is 4.46. The lowest BCUT2D eigenvalue weighted by Crippen LogP contribution is -1.99. The summed E-state index contributed by atoms with van der Waals surface area (Å²) in [7, 11) is 4.01. The molecule has 1 aromatic heterocycles. The van der Waals surface area contributed by atoms with Crippen molar-refractivity contribution in [3.8, 4) is 0 Å². The Hall–Kier alpha value is -1.35. The first-order chi connectivity index (χ1) is 6.75. The standard InChI is InChI=1S/C11H12N2S/c1-13(2)8-7-11-12-9-5-3-4-6-10(9)14-11/h3-8H,1-2H3/b8-7+. The lowest BCUT2D eigenvalue weighted by atomic mass is 10.3. The summed E-state index contributed by atoms with van der Waals surface area (Å²) in [5.41, 5.74) is 1.08. The maximum absolute atomic E-state index is 4.49. The van der Waals surface area contributed by atoms with Gasteiger partial charge in [0.05, 0.1) is 10.2 Å². The Morgan fingerprint density at radius 2 is 2.07 bits per heavy atom. The fourth-order valence-corrected chi connectivity index (χ4v) is 2.04. The molecular weight excluding hydrogens is 192 g/mol. The molecule has 0 bridgehead atoms. The van der Waals surface area contributed by atoms with E-state index in [2.05, 4.69) is 11.1 Å². The van der Waals surface area contributed by atoms with E-state index in [1.807, 2.05) is 49.5 Å². The van der Waals surface area contributed by atoms with Gasteiger partial charge in [0.15, 0.2) is 0 Å². The van der Waals surface area contributed by atoms with E-state index in [1.165, 1.54) is 4.70 Å². The number of benzene rings is 1. The minimum Gasteiger partial charge on any atom is -0.383 e. The zero-order valence-electron chi connectivity index (χ0n) is 8.27. The van der Waals surface area contributed by atoms with Gasteiger partial charge in [-0.2, -0.15) is 0 Å². The highest BCUT2D eigenvalue weighted by Gasteiger charge is 1.98. The molecule has 2 aromatic rings. The van der Waals surface area contributed by atoms with Gasteiger partial charge in [-0.25, -0.2) is 4.98 Å². The topological polar surface area (TPSA) is 16.1 Å². The van der Waals surface area contributed by atoms with Gasteiger partial charge in [-0.3, -0.25) is 0 Å². The van der Waals surface area contributed by atoms with E-state index in [0.717, 1.165) is 10.5 Å². The molecule has 0 spiro atoms. The number of para-hydroxylation sites is 1. The van der Waals surface area contributed by atoms with Gasteiger partial charge >= 0.3 is 0 Å². The Balaban J connectivity index is 2.36. The zero-order valence-corrected chi connectivity index (χ0v) is 9.08. The van der Waals surface area contributed by atoms with Crippen LogP contribution in [0.1, 0.15) is 5.01 Å². The van der Waals surface area contributed by atoms with Crippen molar-refractivity contribution < 1.29 is 0 Å². The lowest BCUT2D eigenvalue weighted by molar-refractivity contribution is 0.567. The molecular formula is C11H12N2S. The van der Waals surface area contributed by atoms with Gasteiger partial charge in [-0.05, 0) is 18.2 Å². The van der Waals surface area contributed by atoms with Crippen LogP contribution in [0, 0.1) is 0 Å². The Morgan fingerprint density at radius 1 is 1.29 bits per heavy atom. The largest absolute Gasteiger partial charge is 0.383 e. The molecule has 0 saturated heterocycles. The average molecular weight is 204 g/mol. The van der Waals surface area contributed by atoms with Gasteiger partial charge < -0.3 is 4.90 Å². The maximum Gasteiger partial charge on any atom is 0.118 e. The molecule has 0 amide bonds. The van der Waals surface area contributed by atoms with Crippen molar-refractivity contribution in [2.24, 2.45) is 0 Å². The van der Waals surface area contributed by atoms with Crippen molar-refractivity contribution in [2.75, 3.05) is 14.1 Å². The minimum atomic E-state index is 1.06. The van der Waals surface area contributed by atoms with E-state index >= 15 is 0 Å². The van der Waals surface area contributed by atoms with Gasteiger partial charge in [-0.1, -0.05) is 12.1 Å². The zero-order chi connectivity index (χ0) is 9.97. The number of hydrogen-bond acceptors (Lipinski definition) is 3. The van der Waals surface area contributed by atoms with Gasteiger partial charge in [0.1, 0.15) is 5.01 Å². The summed E-state index contributed by atoms with van der Waals surface area (Å²) in [6.07, 6.45) is 4.04. The van der Waals surface area contributed by atoms with Crippen LogP contribution in [-0.2, 0) is 0 Å². The second kappa shape index (κ2) is 3.80. The quantitative estimate of drug-likeness (QED) is 0.747. The van der Waals surface area contributed by atoms with Crippen molar-refractivity contribution in [3.05, 3.63) is 35.5 Å². The highest BCUT2D eigenvalue weighted by molar-refractivity contribution is 7.19. The van der Waals surface area contributed by atoms with Gasteiger partial charge in [0.2, 0.25) is 0 Å². The van der Waals surface area contributed by atoms with Crippen LogP contribution in [0.15, 0.2) is 30.5 Å². The van der Waals surface area contributed by atoms with E-state index in [-0.39, 0.29) is 0 Å². The molecule has 0 aliphatic heterocycles. The Kier molecular flexibility index (Phi) is 2.50. The maximum atomic E-state index is 4.49. The summed E-state index contributed by atoms with van der Waals surface area (Å²) in [5, 5.41) is 1.06. The number of thiazole rings is 1. The Morgan fingerprint density at radius 3 is 2.79 bits per heavy atom. The molecule has 2 rings (SSSR count). The van der Waals surface area contributed by atoms with Crippen LogP contribution in [0.4, 0.5) is 0 Å². The monoisotopic (exact) mass is 204 g/mol. The van der Waals surface area contributed by atoms with Gasteiger partial charge in [-0.15, -0.1) is 11.3 Å². The molecule has 2 nitrogen and oxygen atoms in total. The predicted octanol–water partition coefficient (Wildman–Crippen LogP) is 2.83. The van der Waals surface area contributed by atoms with Crippen molar-refractivity contribution in [1.29, 1.82) is 0 Å². The lowest BCUT2D eigenvalue weighted by Gasteiger charge is -2.00. The Labute approximate surface area is 87.5 Å². The third kappa shape index (κ3) is 1.93. The fourth-order valence-electron chi connectivity index (χ4n) is 1.17. The molecule has 14 heavy (non-hydrogen) atoms. The van der Waals surface area contributed by atoms with Crippen LogP contribution in [-0.4, -0.2) is 24.0 Å². The molecule has 0 aliphatic carbocycles. The van der Waals surface area contributed by atoms with Crippen molar-refractivity contribution in [3.63, 3.8) is 0 Å². The minimum absolute atomic E-state index is 1.06. The number of rotatable bonds is 2. The van der Waals surface area contributed by atoms with Crippen LogP contribution < -0.4 is 0 Å². The van der Waals surface area contributed by atoms with Crippen LogP contribution in [0.2, 0.25) is 0 Å². The van der Waals surface area contributed by atoms with E-state index in [4.69, 9.17) is 0 Å². The van der Waals surface area contributed by atoms with E-state index < -0.39 is 0 Å². The molecule has 0 fully saturated rings. The van der Waals surface area contributed by atoms with Crippen molar-refractivity contribution in [2.45, 2.75) is 0 Å². The first-order valence-corrected chi connectivity index (χ1v) is 5.27. The molecule has 0 aliphatic rings. The summed E-state index contributed by atoms with van der Waals surface area (Å²) in [5.74, 6) is 0.